The summed E-state index contributed by atoms with van der Waals surface area (Å²) in [6.07, 6.45) is 3.45. The summed E-state index contributed by atoms with van der Waals surface area (Å²) in [6, 6.07) is 0. The molecule has 0 saturated heterocycles. The number of nitrogens with one attached hydrogen (secondary N) is 2. The number of hydrogen-bond donors (Lipinski definition) is 2. The van der Waals surface area contributed by atoms with Crippen LogP contribution in [0.4, 0.5) is 0 Å². The van der Waals surface area contributed by atoms with E-state index >= 15 is 0 Å². The summed E-state index contributed by atoms with van der Waals surface area (Å²) in [6.45, 7) is 4.36. The number of nitrogens with zero attached hydrogens (tertiary/aromatic N) is 3. The van der Waals surface area contributed by atoms with Crippen molar-refractivity contribution in [2.75, 3.05) is 0 Å². The largest absolute Gasteiger partial charge is 0.347 e. The highest BCUT2D eigenvalue weighted by Crippen LogP contribution is 2.37. The molecule has 1 amide bonds. The second-order valence-corrected chi connectivity index (χ2v) is 6.54. The van der Waals surface area contributed by atoms with Crippen molar-refractivity contribution >= 4 is 17.4 Å². The molecule has 0 radical (unpaired) electrons. The molecule has 0 bridgehead atoms. The van der Waals surface area contributed by atoms with Gasteiger partial charge in [0.2, 0.25) is 0 Å². The molecule has 1 saturated carbocycles. The molecule has 2 aromatic heterocycles. The van der Waals surface area contributed by atoms with Crippen LogP contribution < -0.4 is 10.9 Å². The first-order chi connectivity index (χ1) is 10.6. The van der Waals surface area contributed by atoms with Gasteiger partial charge in [0, 0.05) is 12.1 Å². The maximum atomic E-state index is 12.1. The zero-order chi connectivity index (χ0) is 15.7. The fourth-order valence-electron chi connectivity index (χ4n) is 2.17. The minimum Gasteiger partial charge on any atom is -0.347 e. The van der Waals surface area contributed by atoms with Gasteiger partial charge in [-0.1, -0.05) is 18.3 Å². The number of rotatable bonds is 5. The Balaban J connectivity index is 1.69. The molecule has 1 aliphatic rings. The summed E-state index contributed by atoms with van der Waals surface area (Å²) in [7, 11) is 0. The highest BCUT2D eigenvalue weighted by atomic mass is 32.1. The van der Waals surface area contributed by atoms with E-state index in [0.29, 0.717) is 18.3 Å². The summed E-state index contributed by atoms with van der Waals surface area (Å²) in [4.78, 5) is 31.9. The summed E-state index contributed by atoms with van der Waals surface area (Å²) in [5.74, 6) is 0.838. The predicted molar refractivity (Wildman–Crippen MR) is 82.0 cm³/mol. The molecule has 2 N–H and O–H groups in total. The molecule has 8 heteroatoms. The van der Waals surface area contributed by atoms with Gasteiger partial charge in [0.15, 0.2) is 0 Å². The van der Waals surface area contributed by atoms with E-state index in [0.717, 1.165) is 23.4 Å². The Hall–Kier alpha value is -2.09. The summed E-state index contributed by atoms with van der Waals surface area (Å²) in [5.41, 5.74) is 0.523. The lowest BCUT2D eigenvalue weighted by Gasteiger charge is -2.06. The predicted octanol–water partition coefficient (Wildman–Crippen LogP) is 1.55. The number of aromatic amines is 1. The van der Waals surface area contributed by atoms with Gasteiger partial charge in [-0.2, -0.15) is 0 Å². The highest BCUT2D eigenvalue weighted by Gasteiger charge is 2.26. The molecule has 116 valence electrons. The molecule has 0 aliphatic heterocycles. The van der Waals surface area contributed by atoms with Crippen LogP contribution >= 0.6 is 11.5 Å². The highest BCUT2D eigenvalue weighted by molar-refractivity contribution is 7.05. The van der Waals surface area contributed by atoms with E-state index < -0.39 is 5.91 Å². The molecule has 2 aromatic rings. The second-order valence-electron chi connectivity index (χ2n) is 5.70. The number of hydrogen-bond acceptors (Lipinski definition) is 6. The Morgan fingerprint density at radius 1 is 1.50 bits per heavy atom. The molecule has 0 spiro atoms. The topological polar surface area (TPSA) is 101 Å². The molecule has 0 aromatic carbocycles. The van der Waals surface area contributed by atoms with E-state index in [2.05, 4.69) is 24.9 Å². The standard InChI is InChI=1S/C14H17N5O2S/c1-7(2)11-10(22-19-18-11)6-16-13(20)9-5-15-12(8-3-4-8)17-14(9)21/h5,7-8H,3-4,6H2,1-2H3,(H,16,20)(H,15,17,21). The lowest BCUT2D eigenvalue weighted by molar-refractivity contribution is 0.0949. The van der Waals surface area contributed by atoms with E-state index in [1.807, 2.05) is 13.8 Å². The van der Waals surface area contributed by atoms with E-state index in [9.17, 15) is 9.59 Å². The van der Waals surface area contributed by atoms with Gasteiger partial charge in [0.05, 0.1) is 17.1 Å². The van der Waals surface area contributed by atoms with Gasteiger partial charge in [-0.05, 0) is 30.3 Å². The van der Waals surface area contributed by atoms with Crippen LogP contribution in [0.3, 0.4) is 0 Å². The summed E-state index contributed by atoms with van der Waals surface area (Å²) >= 11 is 1.26. The maximum Gasteiger partial charge on any atom is 0.263 e. The Kier molecular flexibility index (Phi) is 4.02. The third kappa shape index (κ3) is 3.06. The molecule has 1 aliphatic carbocycles. The van der Waals surface area contributed by atoms with E-state index in [4.69, 9.17) is 0 Å². The Morgan fingerprint density at radius 2 is 2.27 bits per heavy atom. The lowest BCUT2D eigenvalue weighted by atomic mass is 10.1. The molecular weight excluding hydrogens is 302 g/mol. The molecule has 0 atom stereocenters. The number of carbonyl (C=O) groups excluding carboxylic acids is 1. The summed E-state index contributed by atoms with van der Waals surface area (Å²) < 4.78 is 3.91. The molecule has 2 heterocycles. The first-order valence-corrected chi connectivity index (χ1v) is 8.02. The monoisotopic (exact) mass is 319 g/mol. The molecular formula is C14H17N5O2S. The molecule has 22 heavy (non-hydrogen) atoms. The third-order valence-electron chi connectivity index (χ3n) is 3.57. The lowest BCUT2D eigenvalue weighted by Crippen LogP contribution is -2.30. The van der Waals surface area contributed by atoms with Crippen LogP contribution in [0.5, 0.6) is 0 Å². The van der Waals surface area contributed by atoms with Crippen molar-refractivity contribution in [3.05, 3.63) is 38.5 Å². The fourth-order valence-corrected chi connectivity index (χ4v) is 2.90. The zero-order valence-electron chi connectivity index (χ0n) is 12.4. The maximum absolute atomic E-state index is 12.1. The average Bonchev–Trinajstić information content (AvgIpc) is 3.22. The van der Waals surface area contributed by atoms with E-state index in [-0.39, 0.29) is 17.0 Å². The van der Waals surface area contributed by atoms with Gasteiger partial charge < -0.3 is 10.3 Å². The fraction of sp³-hybridized carbons (Fsp3) is 0.500. The number of H-pyrrole nitrogens is 1. The van der Waals surface area contributed by atoms with Crippen molar-refractivity contribution in [1.29, 1.82) is 0 Å². The van der Waals surface area contributed by atoms with Crippen molar-refractivity contribution in [1.82, 2.24) is 24.9 Å². The van der Waals surface area contributed by atoms with Crippen molar-refractivity contribution in [2.24, 2.45) is 0 Å². The molecule has 1 fully saturated rings. The Morgan fingerprint density at radius 3 is 2.91 bits per heavy atom. The third-order valence-corrected chi connectivity index (χ3v) is 4.31. The SMILES string of the molecule is CC(C)c1nnsc1CNC(=O)c1cnc(C2CC2)[nH]c1=O. The van der Waals surface area contributed by atoms with Crippen LogP contribution in [0.2, 0.25) is 0 Å². The zero-order valence-corrected chi connectivity index (χ0v) is 13.2. The quantitative estimate of drug-likeness (QED) is 0.871. The van der Waals surface area contributed by atoms with Gasteiger partial charge in [0.1, 0.15) is 11.4 Å². The van der Waals surface area contributed by atoms with Crippen molar-refractivity contribution < 1.29 is 4.79 Å². The molecule has 7 nitrogen and oxygen atoms in total. The van der Waals surface area contributed by atoms with Gasteiger partial charge in [-0.15, -0.1) is 5.10 Å². The van der Waals surface area contributed by atoms with Gasteiger partial charge in [-0.25, -0.2) is 4.98 Å². The molecule has 3 rings (SSSR count). The van der Waals surface area contributed by atoms with Crippen LogP contribution in [-0.4, -0.2) is 25.5 Å². The van der Waals surface area contributed by atoms with Crippen LogP contribution in [0.25, 0.3) is 0 Å². The van der Waals surface area contributed by atoms with E-state index in [1.54, 1.807) is 0 Å². The Bertz CT molecular complexity index is 748. The first-order valence-electron chi connectivity index (χ1n) is 7.24. The minimum absolute atomic E-state index is 0.0352. The first kappa shape index (κ1) is 14.8. The second kappa shape index (κ2) is 5.96. The number of aromatic nitrogens is 4. The number of carbonyl (C=O) groups is 1. The van der Waals surface area contributed by atoms with Gasteiger partial charge >= 0.3 is 0 Å². The van der Waals surface area contributed by atoms with E-state index in [1.165, 1.54) is 17.7 Å². The minimum atomic E-state index is -0.431. The van der Waals surface area contributed by atoms with Gasteiger partial charge in [0.25, 0.3) is 11.5 Å². The van der Waals surface area contributed by atoms with Crippen molar-refractivity contribution in [3.63, 3.8) is 0 Å². The van der Waals surface area contributed by atoms with Crippen LogP contribution in [0.1, 0.15) is 65.3 Å². The summed E-state index contributed by atoms with van der Waals surface area (Å²) in [5, 5.41) is 6.79. The van der Waals surface area contributed by atoms with Crippen LogP contribution in [-0.2, 0) is 6.54 Å². The van der Waals surface area contributed by atoms with Crippen molar-refractivity contribution in [2.45, 2.75) is 45.1 Å². The van der Waals surface area contributed by atoms with Crippen LogP contribution in [0.15, 0.2) is 11.0 Å². The van der Waals surface area contributed by atoms with Crippen molar-refractivity contribution in [3.8, 4) is 0 Å². The average molecular weight is 319 g/mol. The smallest absolute Gasteiger partial charge is 0.263 e. The van der Waals surface area contributed by atoms with Gasteiger partial charge in [-0.3, -0.25) is 9.59 Å². The number of amides is 1. The molecule has 0 unspecified atom stereocenters. The normalized spacial score (nSPS) is 14.3. The Labute approximate surface area is 131 Å². The van der Waals surface area contributed by atoms with Crippen LogP contribution in [0, 0.1) is 0 Å².